The predicted molar refractivity (Wildman–Crippen MR) is 78.0 cm³/mol. The summed E-state index contributed by atoms with van der Waals surface area (Å²) in [7, 11) is 0. The summed E-state index contributed by atoms with van der Waals surface area (Å²) in [6.45, 7) is 1.31. The van der Waals surface area contributed by atoms with E-state index in [2.05, 4.69) is 17.2 Å². The van der Waals surface area contributed by atoms with Gasteiger partial charge in [-0.1, -0.05) is 18.2 Å². The van der Waals surface area contributed by atoms with Gasteiger partial charge in [0.15, 0.2) is 0 Å². The van der Waals surface area contributed by atoms with Crippen molar-refractivity contribution in [3.05, 3.63) is 40.8 Å². The van der Waals surface area contributed by atoms with Gasteiger partial charge in [0.25, 0.3) is 5.56 Å². The maximum atomic E-state index is 12.4. The summed E-state index contributed by atoms with van der Waals surface area (Å²) in [5.41, 5.74) is -0.160. The molecule has 1 aromatic heterocycles. The Morgan fingerprint density at radius 2 is 1.81 bits per heavy atom. The molecule has 1 heterocycles. The maximum Gasteiger partial charge on any atom is 0.275 e. The molecule has 0 aliphatic rings. The molecule has 0 saturated heterocycles. The molecule has 1 aromatic carbocycles. The molecule has 2 aromatic rings. The van der Waals surface area contributed by atoms with Crippen molar-refractivity contribution >= 4 is 10.8 Å². The van der Waals surface area contributed by atoms with Crippen molar-refractivity contribution in [1.82, 2.24) is 14.7 Å². The highest BCUT2D eigenvalue weighted by atomic mass is 16.1. The average Bonchev–Trinajstić information content (AvgIpc) is 2.52. The van der Waals surface area contributed by atoms with E-state index in [1.54, 1.807) is 12.3 Å². The fourth-order valence-electron chi connectivity index (χ4n) is 2.09. The molecule has 6 heteroatoms. The average molecular weight is 281 g/mol. The van der Waals surface area contributed by atoms with Crippen LogP contribution in [0.25, 0.3) is 10.8 Å². The van der Waals surface area contributed by atoms with Crippen LogP contribution in [0.5, 0.6) is 0 Å². The van der Waals surface area contributed by atoms with Crippen molar-refractivity contribution in [2.24, 2.45) is 0 Å². The Morgan fingerprint density at radius 3 is 2.48 bits per heavy atom. The molecular weight excluding hydrogens is 266 g/mol. The zero-order valence-electron chi connectivity index (χ0n) is 11.6. The lowest BCUT2D eigenvalue weighted by atomic mass is 10.2. The summed E-state index contributed by atoms with van der Waals surface area (Å²) in [6, 6.07) is 11.4. The van der Waals surface area contributed by atoms with Gasteiger partial charge in [-0.15, -0.1) is 0 Å². The first-order chi connectivity index (χ1) is 10.3. The Labute approximate surface area is 122 Å². The number of nitrogens with zero attached hydrogens (tertiary/aromatic N) is 5. The molecule has 21 heavy (non-hydrogen) atoms. The standard InChI is InChI=1S/C15H15N5O/c16-7-3-9-19(10-4-8-17)12-20-15(21)14-6-2-1-5-13(14)11-18-20/h1-2,5-6,11H,3-4,9-10,12H2. The third kappa shape index (κ3) is 3.65. The second kappa shape index (κ2) is 7.18. The van der Waals surface area contributed by atoms with E-state index >= 15 is 0 Å². The lowest BCUT2D eigenvalue weighted by molar-refractivity contribution is 0.211. The van der Waals surface area contributed by atoms with Crippen LogP contribution >= 0.6 is 0 Å². The predicted octanol–water partition coefficient (Wildman–Crippen LogP) is 1.48. The number of hydrogen-bond donors (Lipinski definition) is 0. The highest BCUT2D eigenvalue weighted by Crippen LogP contribution is 2.06. The third-order valence-corrected chi connectivity index (χ3v) is 3.18. The van der Waals surface area contributed by atoms with Gasteiger partial charge in [-0.2, -0.15) is 15.6 Å². The molecule has 0 radical (unpaired) electrons. The molecule has 0 amide bonds. The topological polar surface area (TPSA) is 85.7 Å². The summed E-state index contributed by atoms with van der Waals surface area (Å²) < 4.78 is 1.37. The fraction of sp³-hybridized carbons (Fsp3) is 0.333. The molecule has 2 rings (SSSR count). The van der Waals surface area contributed by atoms with Gasteiger partial charge in [-0.25, -0.2) is 4.68 Å². The van der Waals surface area contributed by atoms with E-state index in [0.717, 1.165) is 5.39 Å². The van der Waals surface area contributed by atoms with Crippen LogP contribution in [0.15, 0.2) is 35.3 Å². The molecule has 0 aliphatic carbocycles. The van der Waals surface area contributed by atoms with Gasteiger partial charge >= 0.3 is 0 Å². The number of hydrogen-bond acceptors (Lipinski definition) is 5. The van der Waals surface area contributed by atoms with Crippen LogP contribution in [0.1, 0.15) is 12.8 Å². The first-order valence-corrected chi connectivity index (χ1v) is 6.67. The number of aromatic nitrogens is 2. The zero-order valence-corrected chi connectivity index (χ0v) is 11.6. The van der Waals surface area contributed by atoms with Gasteiger partial charge in [-0.3, -0.25) is 9.69 Å². The molecular formula is C15H15N5O. The summed E-state index contributed by atoms with van der Waals surface area (Å²) in [5, 5.41) is 22.9. The minimum atomic E-state index is -0.160. The summed E-state index contributed by atoms with van der Waals surface area (Å²) in [6.07, 6.45) is 2.37. The summed E-state index contributed by atoms with van der Waals surface area (Å²) in [5.74, 6) is 0. The summed E-state index contributed by atoms with van der Waals surface area (Å²) in [4.78, 5) is 14.2. The third-order valence-electron chi connectivity index (χ3n) is 3.18. The van der Waals surface area contributed by atoms with Crippen molar-refractivity contribution in [2.45, 2.75) is 19.5 Å². The van der Waals surface area contributed by atoms with E-state index in [0.29, 0.717) is 31.3 Å². The summed E-state index contributed by atoms with van der Waals surface area (Å²) >= 11 is 0. The van der Waals surface area contributed by atoms with E-state index < -0.39 is 0 Å². The van der Waals surface area contributed by atoms with Crippen LogP contribution in [0.4, 0.5) is 0 Å². The van der Waals surface area contributed by atoms with Crippen molar-refractivity contribution in [3.63, 3.8) is 0 Å². The van der Waals surface area contributed by atoms with Gasteiger partial charge in [0.05, 0.1) is 30.4 Å². The van der Waals surface area contributed by atoms with Crippen molar-refractivity contribution in [1.29, 1.82) is 10.5 Å². The van der Waals surface area contributed by atoms with Gasteiger partial charge in [0, 0.05) is 31.3 Å². The molecule has 0 fully saturated rings. The first kappa shape index (κ1) is 14.7. The molecule has 0 bridgehead atoms. The van der Waals surface area contributed by atoms with Crippen molar-refractivity contribution in [2.75, 3.05) is 13.1 Å². The molecule has 0 spiro atoms. The zero-order chi connectivity index (χ0) is 15.1. The fourth-order valence-corrected chi connectivity index (χ4v) is 2.09. The molecule has 6 nitrogen and oxygen atoms in total. The van der Waals surface area contributed by atoms with Crippen molar-refractivity contribution in [3.8, 4) is 12.1 Å². The monoisotopic (exact) mass is 281 g/mol. The van der Waals surface area contributed by atoms with Crippen LogP contribution in [0.2, 0.25) is 0 Å². The molecule has 0 aliphatic heterocycles. The second-order valence-electron chi connectivity index (χ2n) is 4.61. The van der Waals surface area contributed by atoms with E-state index in [1.807, 2.05) is 23.1 Å². The number of benzene rings is 1. The first-order valence-electron chi connectivity index (χ1n) is 6.67. The molecule has 0 unspecified atom stereocenters. The SMILES string of the molecule is N#CCCN(CCC#N)Cn1ncc2ccccc2c1=O. The van der Waals surface area contributed by atoms with Crippen molar-refractivity contribution < 1.29 is 0 Å². The number of rotatable bonds is 6. The van der Waals surface area contributed by atoms with E-state index in [9.17, 15) is 4.79 Å². The van der Waals surface area contributed by atoms with Crippen LogP contribution in [-0.2, 0) is 6.67 Å². The minimum absolute atomic E-state index is 0.160. The molecule has 0 N–H and O–H groups in total. The van der Waals surface area contributed by atoms with E-state index in [4.69, 9.17) is 10.5 Å². The smallest absolute Gasteiger partial charge is 0.275 e. The largest absolute Gasteiger partial charge is 0.282 e. The Kier molecular flexibility index (Phi) is 5.03. The van der Waals surface area contributed by atoms with Gasteiger partial charge < -0.3 is 0 Å². The molecule has 106 valence electrons. The highest BCUT2D eigenvalue weighted by molar-refractivity contribution is 5.80. The van der Waals surface area contributed by atoms with Gasteiger partial charge in [0.2, 0.25) is 0 Å². The minimum Gasteiger partial charge on any atom is -0.282 e. The quantitative estimate of drug-likeness (QED) is 0.800. The van der Waals surface area contributed by atoms with E-state index in [-0.39, 0.29) is 12.2 Å². The Hall–Kier alpha value is -2.70. The Bertz CT molecular complexity index is 735. The molecule has 0 saturated carbocycles. The van der Waals surface area contributed by atoms with Crippen LogP contribution in [0.3, 0.4) is 0 Å². The number of nitriles is 2. The molecule has 0 atom stereocenters. The van der Waals surface area contributed by atoms with Crippen LogP contribution < -0.4 is 5.56 Å². The number of fused-ring (bicyclic) bond motifs is 1. The normalized spacial score (nSPS) is 10.4. The van der Waals surface area contributed by atoms with Crippen LogP contribution in [-0.4, -0.2) is 27.8 Å². The van der Waals surface area contributed by atoms with E-state index in [1.165, 1.54) is 4.68 Å². The van der Waals surface area contributed by atoms with Gasteiger partial charge in [0.1, 0.15) is 0 Å². The second-order valence-corrected chi connectivity index (χ2v) is 4.61. The maximum absolute atomic E-state index is 12.4. The Balaban J connectivity index is 2.24. The van der Waals surface area contributed by atoms with Crippen LogP contribution in [0, 0.1) is 22.7 Å². The highest BCUT2D eigenvalue weighted by Gasteiger charge is 2.09. The lowest BCUT2D eigenvalue weighted by Crippen LogP contribution is -2.35. The Morgan fingerprint density at radius 1 is 1.14 bits per heavy atom. The van der Waals surface area contributed by atoms with Gasteiger partial charge in [-0.05, 0) is 6.07 Å². The lowest BCUT2D eigenvalue weighted by Gasteiger charge is -2.20.